The van der Waals surface area contributed by atoms with Crippen LogP contribution in [-0.4, -0.2) is 67.6 Å². The molecule has 2 aromatic rings. The largest absolute Gasteiger partial charge is 0.523 e. The molecule has 1 saturated heterocycles. The number of H-pyrrole nitrogens is 1. The van der Waals surface area contributed by atoms with E-state index in [9.17, 15) is 28.2 Å². The highest BCUT2D eigenvalue weighted by atomic mass is 19.4. The number of nitrogens with one attached hydrogen (secondary N) is 2. The Balaban J connectivity index is 2.01. The molecular formula is C15H20F3N5O5. The van der Waals surface area contributed by atoms with Gasteiger partial charge in [0.05, 0.1) is 12.9 Å². The lowest BCUT2D eigenvalue weighted by atomic mass is 10.1. The molecule has 0 spiro atoms. The fourth-order valence-corrected chi connectivity index (χ4v) is 2.87. The standard InChI is InChI=1S/C15H20F3N5O5/c1-6(2)3-19-14-21-11-8(12(26)22-14)20-5-23(11)13-10(28-15(16,17)18)9(25)7(4-24)27-13/h5-7,9-10,13,24-25H,3-4H2,1-2H3,(H2,19,21,22,26)/t7-,9+,10?,13-/m1/s1. The molecule has 0 bridgehead atoms. The highest BCUT2D eigenvalue weighted by Crippen LogP contribution is 2.36. The van der Waals surface area contributed by atoms with Crippen molar-refractivity contribution in [3.05, 3.63) is 16.7 Å². The third kappa shape index (κ3) is 4.11. The van der Waals surface area contributed by atoms with E-state index in [4.69, 9.17) is 4.74 Å². The van der Waals surface area contributed by atoms with Gasteiger partial charge >= 0.3 is 6.36 Å². The van der Waals surface area contributed by atoms with Crippen LogP contribution >= 0.6 is 0 Å². The van der Waals surface area contributed by atoms with E-state index in [-0.39, 0.29) is 23.0 Å². The first-order chi connectivity index (χ1) is 13.1. The van der Waals surface area contributed by atoms with Gasteiger partial charge in [0.15, 0.2) is 17.4 Å². The molecule has 1 fully saturated rings. The summed E-state index contributed by atoms with van der Waals surface area (Å²) in [5.41, 5.74) is -0.770. The molecule has 156 valence electrons. The van der Waals surface area contributed by atoms with Gasteiger partial charge in [-0.2, -0.15) is 4.98 Å². The predicted octanol–water partition coefficient (Wildman–Crippen LogP) is 0.343. The molecule has 1 unspecified atom stereocenters. The lowest BCUT2D eigenvalue weighted by molar-refractivity contribution is -0.355. The number of hydrogen-bond donors (Lipinski definition) is 4. The molecule has 28 heavy (non-hydrogen) atoms. The number of aromatic amines is 1. The van der Waals surface area contributed by atoms with Gasteiger partial charge in [0.1, 0.15) is 18.3 Å². The van der Waals surface area contributed by atoms with Crippen molar-refractivity contribution in [1.29, 1.82) is 0 Å². The number of ether oxygens (including phenoxy) is 2. The number of anilines is 1. The molecule has 0 radical (unpaired) electrons. The number of nitrogens with zero attached hydrogens (tertiary/aromatic N) is 3. The first-order valence-corrected chi connectivity index (χ1v) is 8.50. The number of hydrogen-bond acceptors (Lipinski definition) is 8. The maximum Gasteiger partial charge on any atom is 0.523 e. The van der Waals surface area contributed by atoms with Gasteiger partial charge in [-0.3, -0.25) is 19.1 Å². The molecule has 1 aliphatic heterocycles. The van der Waals surface area contributed by atoms with Crippen LogP contribution in [0.4, 0.5) is 19.1 Å². The zero-order valence-electron chi connectivity index (χ0n) is 15.0. The van der Waals surface area contributed by atoms with Gasteiger partial charge in [-0.15, -0.1) is 13.2 Å². The topological polar surface area (TPSA) is 135 Å². The number of alkyl halides is 3. The number of aliphatic hydroxyl groups is 2. The van der Waals surface area contributed by atoms with E-state index in [1.54, 1.807) is 0 Å². The average Bonchev–Trinajstić information content (AvgIpc) is 3.14. The third-order valence-corrected chi connectivity index (χ3v) is 4.15. The summed E-state index contributed by atoms with van der Waals surface area (Å²) in [7, 11) is 0. The number of imidazole rings is 1. The van der Waals surface area contributed by atoms with Crippen molar-refractivity contribution in [1.82, 2.24) is 19.5 Å². The minimum atomic E-state index is -5.05. The van der Waals surface area contributed by atoms with Crippen LogP contribution in [0.3, 0.4) is 0 Å². The quantitative estimate of drug-likeness (QED) is 0.539. The Labute approximate surface area is 156 Å². The van der Waals surface area contributed by atoms with Gasteiger partial charge in [-0.1, -0.05) is 13.8 Å². The van der Waals surface area contributed by atoms with Crippen LogP contribution in [0.25, 0.3) is 11.2 Å². The second-order valence-corrected chi connectivity index (χ2v) is 6.78. The Hall–Kier alpha value is -2.22. The lowest BCUT2D eigenvalue weighted by Gasteiger charge is -2.23. The van der Waals surface area contributed by atoms with Crippen LogP contribution in [0, 0.1) is 5.92 Å². The average molecular weight is 407 g/mol. The number of aliphatic hydroxyl groups excluding tert-OH is 2. The van der Waals surface area contributed by atoms with Crippen LogP contribution in [0.1, 0.15) is 20.1 Å². The fourth-order valence-electron chi connectivity index (χ4n) is 2.87. The summed E-state index contributed by atoms with van der Waals surface area (Å²) in [6.07, 6.45) is -10.4. The van der Waals surface area contributed by atoms with Crippen molar-refractivity contribution < 1.29 is 32.9 Å². The second-order valence-electron chi connectivity index (χ2n) is 6.78. The first-order valence-electron chi connectivity index (χ1n) is 8.50. The monoisotopic (exact) mass is 407 g/mol. The summed E-state index contributed by atoms with van der Waals surface area (Å²) in [5.74, 6) is 0.354. The van der Waals surface area contributed by atoms with E-state index in [2.05, 4.69) is 25.0 Å². The number of fused-ring (bicyclic) bond motifs is 1. The van der Waals surface area contributed by atoms with Gasteiger partial charge in [0, 0.05) is 6.54 Å². The number of halogens is 3. The molecule has 4 N–H and O–H groups in total. The Morgan fingerprint density at radius 1 is 1.46 bits per heavy atom. The normalized spacial score (nSPS) is 25.7. The molecule has 13 heteroatoms. The van der Waals surface area contributed by atoms with Gasteiger partial charge in [-0.25, -0.2) is 4.98 Å². The van der Waals surface area contributed by atoms with Crippen LogP contribution in [0.5, 0.6) is 0 Å². The molecule has 4 atom stereocenters. The van der Waals surface area contributed by atoms with Crippen molar-refractivity contribution in [2.75, 3.05) is 18.5 Å². The van der Waals surface area contributed by atoms with Crippen LogP contribution in [-0.2, 0) is 9.47 Å². The van der Waals surface area contributed by atoms with E-state index in [1.165, 1.54) is 0 Å². The second kappa shape index (κ2) is 7.66. The van der Waals surface area contributed by atoms with Crippen molar-refractivity contribution in [2.24, 2.45) is 5.92 Å². The molecule has 0 aromatic carbocycles. The van der Waals surface area contributed by atoms with E-state index in [0.29, 0.717) is 6.54 Å². The summed E-state index contributed by atoms with van der Waals surface area (Å²) >= 11 is 0. The third-order valence-electron chi connectivity index (χ3n) is 4.15. The lowest BCUT2D eigenvalue weighted by Crippen LogP contribution is -2.39. The zero-order chi connectivity index (χ0) is 20.6. The van der Waals surface area contributed by atoms with Crippen molar-refractivity contribution in [3.63, 3.8) is 0 Å². The Morgan fingerprint density at radius 3 is 2.79 bits per heavy atom. The summed E-state index contributed by atoms with van der Waals surface area (Å²) in [6.45, 7) is 3.65. The highest BCUT2D eigenvalue weighted by molar-refractivity contribution is 5.71. The molecule has 3 rings (SSSR count). The number of aromatic nitrogens is 4. The minimum Gasteiger partial charge on any atom is -0.394 e. The molecule has 3 heterocycles. The SMILES string of the molecule is CC(C)CNc1nc2c(ncn2[C@@H]2O[C@H](CO)[C@H](O)C2OC(F)(F)F)c(=O)[nH]1. The van der Waals surface area contributed by atoms with E-state index in [1.807, 2.05) is 13.8 Å². The summed E-state index contributed by atoms with van der Waals surface area (Å²) in [6, 6.07) is 0. The molecule has 2 aromatic heterocycles. The molecular weight excluding hydrogens is 387 g/mol. The Kier molecular flexibility index (Phi) is 5.61. The molecule has 0 amide bonds. The predicted molar refractivity (Wildman–Crippen MR) is 89.4 cm³/mol. The van der Waals surface area contributed by atoms with E-state index >= 15 is 0 Å². The zero-order valence-corrected chi connectivity index (χ0v) is 15.0. The minimum absolute atomic E-state index is 0.0541. The van der Waals surface area contributed by atoms with Gasteiger partial charge < -0.3 is 20.3 Å². The molecule has 0 saturated carbocycles. The summed E-state index contributed by atoms with van der Waals surface area (Å²) < 4.78 is 48.8. The van der Waals surface area contributed by atoms with Gasteiger partial charge in [-0.05, 0) is 5.92 Å². The fraction of sp³-hybridized carbons (Fsp3) is 0.667. The van der Waals surface area contributed by atoms with Crippen LogP contribution < -0.4 is 10.9 Å². The molecule has 10 nitrogen and oxygen atoms in total. The van der Waals surface area contributed by atoms with Crippen LogP contribution in [0.15, 0.2) is 11.1 Å². The first kappa shape index (κ1) is 20.5. The van der Waals surface area contributed by atoms with Crippen LogP contribution in [0.2, 0.25) is 0 Å². The van der Waals surface area contributed by atoms with Gasteiger partial charge in [0.25, 0.3) is 5.56 Å². The molecule has 0 aliphatic carbocycles. The summed E-state index contributed by atoms with van der Waals surface area (Å²) in [5, 5.41) is 22.2. The van der Waals surface area contributed by atoms with E-state index in [0.717, 1.165) is 10.9 Å². The maximum absolute atomic E-state index is 12.8. The smallest absolute Gasteiger partial charge is 0.394 e. The van der Waals surface area contributed by atoms with E-state index < -0.39 is 43.1 Å². The summed E-state index contributed by atoms with van der Waals surface area (Å²) in [4.78, 5) is 22.8. The van der Waals surface area contributed by atoms with Gasteiger partial charge in [0.2, 0.25) is 5.95 Å². The Bertz CT molecular complexity index is 883. The number of rotatable bonds is 6. The van der Waals surface area contributed by atoms with Crippen molar-refractivity contribution in [3.8, 4) is 0 Å². The van der Waals surface area contributed by atoms with Crippen molar-refractivity contribution in [2.45, 2.75) is 44.7 Å². The highest BCUT2D eigenvalue weighted by Gasteiger charge is 2.50. The Morgan fingerprint density at radius 2 is 2.18 bits per heavy atom. The molecule has 1 aliphatic rings. The van der Waals surface area contributed by atoms with Crippen molar-refractivity contribution >= 4 is 17.1 Å². The maximum atomic E-state index is 12.8.